The number of ether oxygens (including phenoxy) is 2. The molecule has 0 atom stereocenters. The summed E-state index contributed by atoms with van der Waals surface area (Å²) in [7, 11) is 1.57. The first kappa shape index (κ1) is 16.5. The Kier molecular flexibility index (Phi) is 5.21. The van der Waals surface area contributed by atoms with Crippen molar-refractivity contribution in [2.45, 2.75) is 20.3 Å². The predicted octanol–water partition coefficient (Wildman–Crippen LogP) is 2.96. The van der Waals surface area contributed by atoms with Gasteiger partial charge in [0.1, 0.15) is 12.4 Å². The van der Waals surface area contributed by atoms with Crippen molar-refractivity contribution in [2.75, 3.05) is 25.2 Å². The maximum Gasteiger partial charge on any atom is 0.261 e. The molecule has 1 heterocycles. The number of imide groups is 1. The van der Waals surface area contributed by atoms with Gasteiger partial charge in [-0.1, -0.05) is 17.2 Å². The van der Waals surface area contributed by atoms with Crippen LogP contribution < -0.4 is 9.64 Å². The Balaban J connectivity index is 2.29. The van der Waals surface area contributed by atoms with Crippen molar-refractivity contribution in [3.63, 3.8) is 0 Å². The molecule has 1 aromatic rings. The number of hydrogen-bond acceptors (Lipinski definition) is 4. The van der Waals surface area contributed by atoms with Crippen LogP contribution in [0.3, 0.4) is 0 Å². The number of nitrogens with zero attached hydrogens (tertiary/aromatic N) is 1. The van der Waals surface area contributed by atoms with Gasteiger partial charge in [-0.2, -0.15) is 0 Å². The van der Waals surface area contributed by atoms with Crippen LogP contribution in [-0.4, -0.2) is 32.1 Å². The maximum absolute atomic E-state index is 12.4. The molecule has 2 rings (SSSR count). The van der Waals surface area contributed by atoms with Crippen molar-refractivity contribution in [3.05, 3.63) is 34.4 Å². The minimum absolute atomic E-state index is 0.129. The van der Waals surface area contributed by atoms with Crippen LogP contribution in [0.25, 0.3) is 0 Å². The molecule has 0 radical (unpaired) electrons. The number of anilines is 1. The molecule has 1 saturated heterocycles. The van der Waals surface area contributed by atoms with Crippen molar-refractivity contribution in [1.82, 2.24) is 0 Å². The summed E-state index contributed by atoms with van der Waals surface area (Å²) in [5.41, 5.74) is 1.86. The molecule has 1 fully saturated rings. The summed E-state index contributed by atoms with van der Waals surface area (Å²) in [6.45, 7) is 4.40. The van der Waals surface area contributed by atoms with E-state index in [1.54, 1.807) is 25.3 Å². The molecule has 1 aromatic carbocycles. The van der Waals surface area contributed by atoms with Gasteiger partial charge in [0.25, 0.3) is 5.91 Å². The number of allylic oxidation sites excluding steroid dienone is 1. The summed E-state index contributed by atoms with van der Waals surface area (Å²) in [4.78, 5) is 25.7. The standard InChI is InChI=1S/C16H18ClNO4/c1-10(2)12-9-15(19)18(16(12)20)11-4-5-13(17)14(8-11)22-7-6-21-3/h4-5,8H,6-7,9H2,1-3H3. The van der Waals surface area contributed by atoms with E-state index in [9.17, 15) is 9.59 Å². The molecular formula is C16H18ClNO4. The van der Waals surface area contributed by atoms with E-state index in [0.29, 0.717) is 35.2 Å². The van der Waals surface area contributed by atoms with Crippen LogP contribution in [0.1, 0.15) is 20.3 Å². The molecule has 0 N–H and O–H groups in total. The average molecular weight is 324 g/mol. The van der Waals surface area contributed by atoms with E-state index in [1.807, 2.05) is 13.8 Å². The van der Waals surface area contributed by atoms with Crippen LogP contribution in [0, 0.1) is 0 Å². The highest BCUT2D eigenvalue weighted by molar-refractivity contribution is 6.32. The van der Waals surface area contributed by atoms with Gasteiger partial charge in [-0.05, 0) is 26.0 Å². The molecule has 22 heavy (non-hydrogen) atoms. The Labute approximate surface area is 134 Å². The molecule has 0 saturated carbocycles. The molecule has 118 valence electrons. The zero-order chi connectivity index (χ0) is 16.3. The third-order valence-corrected chi connectivity index (χ3v) is 3.67. The van der Waals surface area contributed by atoms with Gasteiger partial charge in [-0.15, -0.1) is 0 Å². The quantitative estimate of drug-likeness (QED) is 0.475. The number of hydrogen-bond donors (Lipinski definition) is 0. The molecule has 1 aliphatic rings. The van der Waals surface area contributed by atoms with Crippen LogP contribution in [0.4, 0.5) is 5.69 Å². The summed E-state index contributed by atoms with van der Waals surface area (Å²) < 4.78 is 10.4. The molecular weight excluding hydrogens is 306 g/mol. The first-order chi connectivity index (χ1) is 10.5. The van der Waals surface area contributed by atoms with Gasteiger partial charge in [0.2, 0.25) is 5.91 Å². The second-order valence-electron chi connectivity index (χ2n) is 5.15. The van der Waals surface area contributed by atoms with Crippen molar-refractivity contribution in [1.29, 1.82) is 0 Å². The molecule has 0 aromatic heterocycles. The van der Waals surface area contributed by atoms with Crippen LogP contribution in [0.2, 0.25) is 5.02 Å². The number of benzene rings is 1. The second kappa shape index (κ2) is 6.94. The lowest BCUT2D eigenvalue weighted by Crippen LogP contribution is -2.29. The molecule has 5 nitrogen and oxygen atoms in total. The molecule has 2 amide bonds. The summed E-state index contributed by atoms with van der Waals surface area (Å²) in [5, 5.41) is 0.418. The zero-order valence-corrected chi connectivity index (χ0v) is 13.6. The summed E-state index contributed by atoms with van der Waals surface area (Å²) in [5.74, 6) is -0.107. The van der Waals surface area contributed by atoms with Gasteiger partial charge >= 0.3 is 0 Å². The first-order valence-corrected chi connectivity index (χ1v) is 7.28. The molecule has 0 aliphatic carbocycles. The number of halogens is 1. The summed E-state index contributed by atoms with van der Waals surface area (Å²) in [6, 6.07) is 4.84. The Bertz CT molecular complexity index is 635. The number of methoxy groups -OCH3 is 1. The fraction of sp³-hybridized carbons (Fsp3) is 0.375. The largest absolute Gasteiger partial charge is 0.490 e. The molecule has 0 spiro atoms. The fourth-order valence-corrected chi connectivity index (χ4v) is 2.35. The molecule has 6 heteroatoms. The van der Waals surface area contributed by atoms with Crippen molar-refractivity contribution in [3.8, 4) is 5.75 Å². The van der Waals surface area contributed by atoms with Crippen molar-refractivity contribution < 1.29 is 19.1 Å². The van der Waals surface area contributed by atoms with Gasteiger partial charge in [0, 0.05) is 18.7 Å². The van der Waals surface area contributed by atoms with Crippen molar-refractivity contribution in [2.24, 2.45) is 0 Å². The Morgan fingerprint density at radius 1 is 1.27 bits per heavy atom. The predicted molar refractivity (Wildman–Crippen MR) is 84.3 cm³/mol. The van der Waals surface area contributed by atoms with Crippen LogP contribution in [-0.2, 0) is 14.3 Å². The van der Waals surface area contributed by atoms with E-state index in [2.05, 4.69) is 0 Å². The smallest absolute Gasteiger partial charge is 0.261 e. The Morgan fingerprint density at radius 3 is 2.59 bits per heavy atom. The SMILES string of the molecule is COCCOc1cc(N2C(=O)CC(=C(C)C)C2=O)ccc1Cl. The third-order valence-electron chi connectivity index (χ3n) is 3.36. The van der Waals surface area contributed by atoms with Crippen LogP contribution in [0.5, 0.6) is 5.75 Å². The lowest BCUT2D eigenvalue weighted by atomic mass is 10.1. The fourth-order valence-electron chi connectivity index (χ4n) is 2.18. The number of rotatable bonds is 5. The third kappa shape index (κ3) is 3.31. The lowest BCUT2D eigenvalue weighted by Gasteiger charge is -2.16. The van der Waals surface area contributed by atoms with Crippen LogP contribution >= 0.6 is 11.6 Å². The van der Waals surface area contributed by atoms with E-state index in [1.165, 1.54) is 4.90 Å². The van der Waals surface area contributed by atoms with Crippen LogP contribution in [0.15, 0.2) is 29.3 Å². The second-order valence-corrected chi connectivity index (χ2v) is 5.55. The van der Waals surface area contributed by atoms with Crippen molar-refractivity contribution >= 4 is 29.1 Å². The van der Waals surface area contributed by atoms with E-state index < -0.39 is 0 Å². The Hall–Kier alpha value is -1.85. The normalized spacial score (nSPS) is 14.7. The van der Waals surface area contributed by atoms with E-state index in [4.69, 9.17) is 21.1 Å². The molecule has 0 unspecified atom stereocenters. The summed E-state index contributed by atoms with van der Waals surface area (Å²) >= 11 is 6.07. The van der Waals surface area contributed by atoms with E-state index in [-0.39, 0.29) is 18.2 Å². The Morgan fingerprint density at radius 2 is 2.00 bits per heavy atom. The minimum Gasteiger partial charge on any atom is -0.490 e. The van der Waals surface area contributed by atoms with E-state index >= 15 is 0 Å². The minimum atomic E-state index is -0.282. The highest BCUT2D eigenvalue weighted by Crippen LogP contribution is 2.33. The number of carbonyl (C=O) groups excluding carboxylic acids is 2. The number of amides is 2. The first-order valence-electron chi connectivity index (χ1n) is 6.90. The zero-order valence-electron chi connectivity index (χ0n) is 12.8. The van der Waals surface area contributed by atoms with E-state index in [0.717, 1.165) is 5.57 Å². The number of carbonyl (C=O) groups is 2. The monoisotopic (exact) mass is 323 g/mol. The highest BCUT2D eigenvalue weighted by Gasteiger charge is 2.35. The topological polar surface area (TPSA) is 55.8 Å². The van der Waals surface area contributed by atoms with Gasteiger partial charge in [-0.25, -0.2) is 4.90 Å². The van der Waals surface area contributed by atoms with Gasteiger partial charge in [0.05, 0.1) is 23.7 Å². The molecule has 1 aliphatic heterocycles. The van der Waals surface area contributed by atoms with Gasteiger partial charge in [0.15, 0.2) is 0 Å². The molecule has 0 bridgehead atoms. The highest BCUT2D eigenvalue weighted by atomic mass is 35.5. The summed E-state index contributed by atoms with van der Waals surface area (Å²) in [6.07, 6.45) is 0.129. The van der Waals surface area contributed by atoms with Gasteiger partial charge < -0.3 is 9.47 Å². The van der Waals surface area contributed by atoms with Gasteiger partial charge in [-0.3, -0.25) is 9.59 Å². The average Bonchev–Trinajstić information content (AvgIpc) is 2.77. The lowest BCUT2D eigenvalue weighted by molar-refractivity contribution is -0.120. The maximum atomic E-state index is 12.4.